The summed E-state index contributed by atoms with van der Waals surface area (Å²) in [4.78, 5) is 16.0. The van der Waals surface area contributed by atoms with Crippen molar-refractivity contribution in [2.75, 3.05) is 18.9 Å². The van der Waals surface area contributed by atoms with E-state index in [9.17, 15) is 4.79 Å². The van der Waals surface area contributed by atoms with Gasteiger partial charge in [0.05, 0.1) is 30.9 Å². The number of rotatable bonds is 3. The van der Waals surface area contributed by atoms with Crippen LogP contribution in [-0.4, -0.2) is 41.4 Å². The Bertz CT molecular complexity index is 462. The van der Waals surface area contributed by atoms with Crippen molar-refractivity contribution in [1.82, 2.24) is 10.3 Å². The van der Waals surface area contributed by atoms with Gasteiger partial charge in [0.15, 0.2) is 0 Å². The first-order valence-electron chi connectivity index (χ1n) is 6.04. The molecular formula is C12H16BrN3O3. The number of nitrogens with zero attached hydrogens (tertiary/aromatic N) is 1. The Morgan fingerprint density at radius 2 is 2.42 bits per heavy atom. The molecule has 0 bridgehead atoms. The molecule has 2 rings (SSSR count). The normalized spacial score (nSPS) is 23.1. The molecule has 1 aromatic rings. The second-order valence-electron chi connectivity index (χ2n) is 4.47. The quantitative estimate of drug-likeness (QED) is 0.758. The summed E-state index contributed by atoms with van der Waals surface area (Å²) >= 11 is 3.26. The summed E-state index contributed by atoms with van der Waals surface area (Å²) < 4.78 is 6.11. The Morgan fingerprint density at radius 3 is 3.05 bits per heavy atom. The highest BCUT2D eigenvalue weighted by Crippen LogP contribution is 2.17. The summed E-state index contributed by atoms with van der Waals surface area (Å²) in [6, 6.07) is 1.58. The number of pyridine rings is 1. The van der Waals surface area contributed by atoms with Gasteiger partial charge in [-0.2, -0.15) is 0 Å². The molecule has 1 fully saturated rings. The second-order valence-corrected chi connectivity index (χ2v) is 5.39. The molecule has 0 saturated carbocycles. The number of hydrogen-bond acceptors (Lipinski definition) is 5. The topological polar surface area (TPSA) is 97.5 Å². The van der Waals surface area contributed by atoms with Gasteiger partial charge in [-0.3, -0.25) is 4.79 Å². The number of hydrogen-bond donors (Lipinski definition) is 3. The van der Waals surface area contributed by atoms with E-state index in [-0.39, 0.29) is 30.5 Å². The minimum Gasteiger partial charge on any atom is -0.394 e. The van der Waals surface area contributed by atoms with Crippen LogP contribution in [0.4, 0.5) is 5.82 Å². The molecule has 2 heterocycles. The van der Waals surface area contributed by atoms with E-state index in [1.165, 1.54) is 0 Å². The molecule has 104 valence electrons. The van der Waals surface area contributed by atoms with Crippen molar-refractivity contribution >= 4 is 27.7 Å². The summed E-state index contributed by atoms with van der Waals surface area (Å²) in [6.45, 7) is 0.418. The third-order valence-corrected chi connectivity index (χ3v) is 3.47. The van der Waals surface area contributed by atoms with Crippen molar-refractivity contribution in [2.24, 2.45) is 0 Å². The lowest BCUT2D eigenvalue weighted by Crippen LogP contribution is -2.43. The van der Waals surface area contributed by atoms with E-state index in [4.69, 9.17) is 15.6 Å². The third-order valence-electron chi connectivity index (χ3n) is 3.04. The smallest absolute Gasteiger partial charge is 0.255 e. The highest BCUT2D eigenvalue weighted by molar-refractivity contribution is 9.10. The number of nitrogen functional groups attached to an aromatic ring is 1. The van der Waals surface area contributed by atoms with Crippen molar-refractivity contribution in [1.29, 1.82) is 0 Å². The summed E-state index contributed by atoms with van der Waals surface area (Å²) in [6.07, 6.45) is 2.93. The van der Waals surface area contributed by atoms with Crippen LogP contribution in [0.5, 0.6) is 0 Å². The molecular weight excluding hydrogens is 314 g/mol. The Hall–Kier alpha value is -1.18. The van der Waals surface area contributed by atoms with Gasteiger partial charge in [0.25, 0.3) is 5.91 Å². The van der Waals surface area contributed by atoms with Crippen LogP contribution in [0.2, 0.25) is 0 Å². The van der Waals surface area contributed by atoms with Crippen LogP contribution in [0.15, 0.2) is 16.7 Å². The average Bonchev–Trinajstić information content (AvgIpc) is 2.42. The van der Waals surface area contributed by atoms with Crippen LogP contribution in [0, 0.1) is 0 Å². The number of carbonyl (C=O) groups is 1. The maximum absolute atomic E-state index is 12.1. The van der Waals surface area contributed by atoms with Crippen LogP contribution < -0.4 is 11.1 Å². The lowest BCUT2D eigenvalue weighted by atomic mass is 10.0. The van der Waals surface area contributed by atoms with Gasteiger partial charge in [-0.05, 0) is 34.8 Å². The Kier molecular flexibility index (Phi) is 4.73. The summed E-state index contributed by atoms with van der Waals surface area (Å²) in [5.41, 5.74) is 6.03. The zero-order chi connectivity index (χ0) is 13.8. The fraction of sp³-hybridized carbons (Fsp3) is 0.500. The molecule has 1 aliphatic heterocycles. The van der Waals surface area contributed by atoms with Gasteiger partial charge in [-0.15, -0.1) is 0 Å². The molecule has 4 N–H and O–H groups in total. The maximum atomic E-state index is 12.1. The summed E-state index contributed by atoms with van der Waals surface area (Å²) in [5, 5.41) is 11.8. The Labute approximate surface area is 119 Å². The number of nitrogens with two attached hydrogens (primary N) is 1. The van der Waals surface area contributed by atoms with Gasteiger partial charge in [0.1, 0.15) is 5.82 Å². The van der Waals surface area contributed by atoms with Crippen LogP contribution in [0.3, 0.4) is 0 Å². The highest BCUT2D eigenvalue weighted by Gasteiger charge is 2.23. The average molecular weight is 330 g/mol. The Balaban J connectivity index is 1.96. The lowest BCUT2D eigenvalue weighted by Gasteiger charge is -2.28. The van der Waals surface area contributed by atoms with E-state index in [0.29, 0.717) is 16.6 Å². The van der Waals surface area contributed by atoms with Crippen LogP contribution in [0.25, 0.3) is 0 Å². The number of carbonyl (C=O) groups excluding carboxylic acids is 1. The van der Waals surface area contributed by atoms with E-state index in [0.717, 1.165) is 12.8 Å². The fourth-order valence-electron chi connectivity index (χ4n) is 1.96. The second kappa shape index (κ2) is 6.31. The molecule has 2 atom stereocenters. The monoisotopic (exact) mass is 329 g/mol. The number of aromatic nitrogens is 1. The number of aliphatic hydroxyl groups is 1. The highest BCUT2D eigenvalue weighted by atomic mass is 79.9. The number of halogens is 1. The number of ether oxygens (including phenoxy) is 1. The molecule has 0 aliphatic carbocycles. The lowest BCUT2D eigenvalue weighted by molar-refractivity contribution is -0.0305. The molecule has 0 unspecified atom stereocenters. The molecule has 1 amide bonds. The van der Waals surface area contributed by atoms with Crippen LogP contribution in [0.1, 0.15) is 23.2 Å². The largest absolute Gasteiger partial charge is 0.394 e. The molecule has 1 aliphatic rings. The van der Waals surface area contributed by atoms with Crippen molar-refractivity contribution < 1.29 is 14.6 Å². The van der Waals surface area contributed by atoms with Crippen molar-refractivity contribution in [3.8, 4) is 0 Å². The van der Waals surface area contributed by atoms with E-state index in [2.05, 4.69) is 26.2 Å². The molecule has 0 spiro atoms. The number of amides is 1. The molecule has 0 radical (unpaired) electrons. The standard InChI is InChI=1S/C12H16BrN3O3/c13-7-3-10(11(14)15-4-7)12(18)16-8-1-2-9(5-17)19-6-8/h3-4,8-9,17H,1-2,5-6H2,(H2,14,15)(H,16,18)/t8-,9+/m1/s1. The summed E-state index contributed by atoms with van der Waals surface area (Å²) in [5.74, 6) is -0.0620. The van der Waals surface area contributed by atoms with E-state index in [1.807, 2.05) is 0 Å². The minimum absolute atomic E-state index is 0.0170. The first-order chi connectivity index (χ1) is 9.10. The zero-order valence-corrected chi connectivity index (χ0v) is 11.9. The van der Waals surface area contributed by atoms with Gasteiger partial charge in [-0.25, -0.2) is 4.98 Å². The van der Waals surface area contributed by atoms with Gasteiger partial charge in [-0.1, -0.05) is 0 Å². The van der Waals surface area contributed by atoms with Crippen LogP contribution in [-0.2, 0) is 4.74 Å². The molecule has 0 aromatic carbocycles. The number of anilines is 1. The molecule has 1 aromatic heterocycles. The fourth-order valence-corrected chi connectivity index (χ4v) is 2.29. The number of aliphatic hydroxyl groups excluding tert-OH is 1. The molecule has 6 nitrogen and oxygen atoms in total. The van der Waals surface area contributed by atoms with Gasteiger partial charge in [0, 0.05) is 10.7 Å². The number of nitrogens with one attached hydrogen (secondary N) is 1. The van der Waals surface area contributed by atoms with Gasteiger partial charge in [0.2, 0.25) is 0 Å². The Morgan fingerprint density at radius 1 is 1.63 bits per heavy atom. The van der Waals surface area contributed by atoms with E-state index in [1.54, 1.807) is 12.3 Å². The first kappa shape index (κ1) is 14.2. The van der Waals surface area contributed by atoms with Crippen molar-refractivity contribution in [3.63, 3.8) is 0 Å². The minimum atomic E-state index is -0.262. The van der Waals surface area contributed by atoms with Gasteiger partial charge < -0.3 is 20.9 Å². The molecule has 7 heteroatoms. The van der Waals surface area contributed by atoms with E-state index < -0.39 is 0 Å². The first-order valence-corrected chi connectivity index (χ1v) is 6.83. The van der Waals surface area contributed by atoms with Crippen molar-refractivity contribution in [2.45, 2.75) is 25.0 Å². The summed E-state index contributed by atoms with van der Waals surface area (Å²) in [7, 11) is 0. The maximum Gasteiger partial charge on any atom is 0.255 e. The molecule has 1 saturated heterocycles. The van der Waals surface area contributed by atoms with Crippen LogP contribution >= 0.6 is 15.9 Å². The van der Waals surface area contributed by atoms with E-state index >= 15 is 0 Å². The third kappa shape index (κ3) is 3.65. The molecule has 19 heavy (non-hydrogen) atoms. The van der Waals surface area contributed by atoms with Gasteiger partial charge >= 0.3 is 0 Å². The predicted molar refractivity (Wildman–Crippen MR) is 73.7 cm³/mol. The SMILES string of the molecule is Nc1ncc(Br)cc1C(=O)N[C@@H]1CC[C@@H](CO)OC1. The van der Waals surface area contributed by atoms with Crippen molar-refractivity contribution in [3.05, 3.63) is 22.3 Å². The zero-order valence-electron chi connectivity index (χ0n) is 10.3. The predicted octanol–water partition coefficient (Wildman–Crippen LogP) is 0.696.